The maximum absolute atomic E-state index is 11.3. The van der Waals surface area contributed by atoms with Gasteiger partial charge < -0.3 is 5.11 Å². The van der Waals surface area contributed by atoms with Crippen molar-refractivity contribution in [2.45, 2.75) is 77.1 Å². The first kappa shape index (κ1) is 22.3. The van der Waals surface area contributed by atoms with E-state index in [0.717, 1.165) is 24.0 Å². The molecule has 0 aliphatic rings. The summed E-state index contributed by atoms with van der Waals surface area (Å²) in [5.41, 5.74) is 4.59. The van der Waals surface area contributed by atoms with Gasteiger partial charge in [-0.15, -0.1) is 0 Å². The lowest BCUT2D eigenvalue weighted by molar-refractivity contribution is 0.424. The summed E-state index contributed by atoms with van der Waals surface area (Å²) >= 11 is 4.70. The van der Waals surface area contributed by atoms with Crippen molar-refractivity contribution in [1.29, 1.82) is 0 Å². The number of thiol groups is 1. The molecule has 0 aliphatic heterocycles. The van der Waals surface area contributed by atoms with Crippen molar-refractivity contribution in [2.24, 2.45) is 0 Å². The van der Waals surface area contributed by atoms with Gasteiger partial charge in [-0.1, -0.05) is 85.2 Å². The lowest BCUT2D eigenvalue weighted by atomic mass is 9.81. The lowest BCUT2D eigenvalue weighted by Crippen LogP contribution is -2.25. The normalized spacial score (nSPS) is 14.1. The Labute approximate surface area is 173 Å². The molecule has 0 radical (unpaired) electrons. The Hall–Kier alpha value is -0.980. The van der Waals surface area contributed by atoms with Gasteiger partial charge in [-0.3, -0.25) is 0 Å². The smallest absolute Gasteiger partial charge is 0.123 e. The summed E-state index contributed by atoms with van der Waals surface area (Å²) in [6.45, 7) is 15.3. The molecule has 148 valence electrons. The van der Waals surface area contributed by atoms with E-state index in [0.29, 0.717) is 14.3 Å². The summed E-state index contributed by atoms with van der Waals surface area (Å²) in [6, 6.07) is 13.0. The Kier molecular flexibility index (Phi) is 7.09. The summed E-state index contributed by atoms with van der Waals surface area (Å²) in [4.78, 5) is 0. The molecule has 0 aliphatic carbocycles. The van der Waals surface area contributed by atoms with Crippen LogP contribution in [-0.4, -0.2) is 5.11 Å². The average molecular weight is 403 g/mol. The number of phenols is 1. The number of aromatic hydroxyl groups is 1. The molecule has 3 heteroatoms. The predicted molar refractivity (Wildman–Crippen MR) is 126 cm³/mol. The topological polar surface area (TPSA) is 20.2 Å². The minimum Gasteiger partial charge on any atom is -0.507 e. The molecule has 0 amide bonds. The number of hydrogen-bond donors (Lipinski definition) is 2. The molecule has 1 nitrogen and oxygen atoms in total. The van der Waals surface area contributed by atoms with Crippen LogP contribution in [0.2, 0.25) is 0 Å². The third-order valence-electron chi connectivity index (χ3n) is 5.57. The van der Waals surface area contributed by atoms with Crippen LogP contribution in [0.1, 0.15) is 81.9 Å². The molecule has 2 aromatic carbocycles. The molecule has 0 heterocycles. The molecule has 0 bridgehead atoms. The van der Waals surface area contributed by atoms with Crippen molar-refractivity contribution in [3.05, 3.63) is 58.7 Å². The van der Waals surface area contributed by atoms with Gasteiger partial charge in [0.05, 0.1) is 0 Å². The first-order valence-electron chi connectivity index (χ1n) is 9.95. The van der Waals surface area contributed by atoms with Crippen LogP contribution in [0.3, 0.4) is 0 Å². The zero-order valence-corrected chi connectivity index (χ0v) is 19.7. The molecule has 27 heavy (non-hydrogen) atoms. The molecular formula is C24H35OPS. The largest absolute Gasteiger partial charge is 0.507 e. The van der Waals surface area contributed by atoms with Gasteiger partial charge in [0.2, 0.25) is 0 Å². The summed E-state index contributed by atoms with van der Waals surface area (Å²) in [5, 5.41) is 12.8. The Morgan fingerprint density at radius 3 is 2.11 bits per heavy atom. The van der Waals surface area contributed by atoms with E-state index in [4.69, 9.17) is 12.6 Å². The Balaban J connectivity index is 2.66. The van der Waals surface area contributed by atoms with Gasteiger partial charge in [0.15, 0.2) is 0 Å². The van der Waals surface area contributed by atoms with Crippen LogP contribution in [0.4, 0.5) is 0 Å². The quantitative estimate of drug-likeness (QED) is 0.393. The number of benzene rings is 2. The SMILES string of the molecule is CCC(CC)(Pc1ccccc1C(C)S)c1cc(C)cc(C(C)(C)C)c1O. The van der Waals surface area contributed by atoms with E-state index in [9.17, 15) is 5.11 Å². The van der Waals surface area contributed by atoms with Crippen molar-refractivity contribution in [2.75, 3.05) is 0 Å². The summed E-state index contributed by atoms with van der Waals surface area (Å²) in [5.74, 6) is 0.487. The van der Waals surface area contributed by atoms with Gasteiger partial charge in [0.1, 0.15) is 5.75 Å². The fraction of sp³-hybridized carbons (Fsp3) is 0.500. The van der Waals surface area contributed by atoms with Crippen molar-refractivity contribution in [3.8, 4) is 5.75 Å². The van der Waals surface area contributed by atoms with Crippen LogP contribution in [-0.2, 0) is 10.6 Å². The van der Waals surface area contributed by atoms with Gasteiger partial charge in [-0.05, 0) is 48.5 Å². The first-order valence-corrected chi connectivity index (χ1v) is 11.5. The van der Waals surface area contributed by atoms with Gasteiger partial charge in [-0.2, -0.15) is 12.6 Å². The predicted octanol–water partition coefficient (Wildman–Crippen LogP) is 7.01. The molecule has 0 saturated heterocycles. The molecular weight excluding hydrogens is 367 g/mol. The minimum absolute atomic E-state index is 0.0606. The Bertz CT molecular complexity index is 785. The van der Waals surface area contributed by atoms with Crippen LogP contribution < -0.4 is 5.30 Å². The van der Waals surface area contributed by atoms with E-state index >= 15 is 0 Å². The third kappa shape index (κ3) is 4.72. The van der Waals surface area contributed by atoms with E-state index in [1.165, 1.54) is 16.4 Å². The number of phenolic OH excluding ortho intramolecular Hbond substituents is 1. The van der Waals surface area contributed by atoms with Crippen LogP contribution in [0.25, 0.3) is 0 Å². The van der Waals surface area contributed by atoms with Gasteiger partial charge in [-0.25, -0.2) is 0 Å². The van der Waals surface area contributed by atoms with Crippen molar-refractivity contribution >= 4 is 26.5 Å². The first-order chi connectivity index (χ1) is 12.6. The molecule has 0 spiro atoms. The van der Waals surface area contributed by atoms with E-state index < -0.39 is 0 Å². The zero-order valence-electron chi connectivity index (χ0n) is 17.9. The Morgan fingerprint density at radius 1 is 1.04 bits per heavy atom. The number of rotatable bonds is 6. The van der Waals surface area contributed by atoms with Gasteiger partial charge in [0, 0.05) is 16.0 Å². The number of aryl methyl sites for hydroxylation is 1. The average Bonchev–Trinajstić information content (AvgIpc) is 2.61. The maximum Gasteiger partial charge on any atom is 0.123 e. The van der Waals surface area contributed by atoms with Crippen LogP contribution in [0, 0.1) is 6.92 Å². The molecule has 2 rings (SSSR count). The zero-order chi connectivity index (χ0) is 20.4. The second-order valence-electron chi connectivity index (χ2n) is 8.64. The highest BCUT2D eigenvalue weighted by molar-refractivity contribution is 7.80. The lowest BCUT2D eigenvalue weighted by Gasteiger charge is -2.36. The number of hydrogen-bond acceptors (Lipinski definition) is 2. The molecule has 1 N–H and O–H groups in total. The summed E-state index contributed by atoms with van der Waals surface area (Å²) < 4.78 is 0. The highest BCUT2D eigenvalue weighted by Crippen LogP contribution is 2.52. The van der Waals surface area contributed by atoms with Crippen LogP contribution in [0.15, 0.2) is 36.4 Å². The third-order valence-corrected chi connectivity index (χ3v) is 8.03. The molecule has 0 saturated carbocycles. The molecule has 2 atom stereocenters. The van der Waals surface area contributed by atoms with Crippen molar-refractivity contribution < 1.29 is 5.11 Å². The van der Waals surface area contributed by atoms with Crippen LogP contribution in [0.5, 0.6) is 5.75 Å². The highest BCUT2D eigenvalue weighted by atomic mass is 32.1. The highest BCUT2D eigenvalue weighted by Gasteiger charge is 2.35. The van der Waals surface area contributed by atoms with E-state index in [-0.39, 0.29) is 15.8 Å². The van der Waals surface area contributed by atoms with Crippen molar-refractivity contribution in [3.63, 3.8) is 0 Å². The second-order valence-corrected chi connectivity index (χ2v) is 11.2. The minimum atomic E-state index is -0.0846. The van der Waals surface area contributed by atoms with Gasteiger partial charge in [0.25, 0.3) is 0 Å². The second kappa shape index (κ2) is 8.58. The van der Waals surface area contributed by atoms with E-state index in [2.05, 4.69) is 84.9 Å². The fourth-order valence-electron chi connectivity index (χ4n) is 3.82. The summed E-state index contributed by atoms with van der Waals surface area (Å²) in [7, 11) is 0.599. The molecule has 0 aromatic heterocycles. The molecule has 0 fully saturated rings. The van der Waals surface area contributed by atoms with Crippen molar-refractivity contribution in [1.82, 2.24) is 0 Å². The Morgan fingerprint density at radius 2 is 1.59 bits per heavy atom. The van der Waals surface area contributed by atoms with E-state index in [1.807, 2.05) is 0 Å². The maximum atomic E-state index is 11.3. The fourth-order valence-corrected chi connectivity index (χ4v) is 5.99. The molecule has 2 aromatic rings. The molecule has 2 unspecified atom stereocenters. The summed E-state index contributed by atoms with van der Waals surface area (Å²) in [6.07, 6.45) is 2.00. The monoisotopic (exact) mass is 402 g/mol. The van der Waals surface area contributed by atoms with E-state index in [1.54, 1.807) is 0 Å². The standard InChI is InChI=1S/C24H35OPS/c1-8-24(9-2,26-21-13-11-10-12-18(21)17(4)27)20-15-16(3)14-19(22(20)25)23(5,6)7/h10-15,17,25-27H,8-9H2,1-7H3. The van der Waals surface area contributed by atoms with Crippen LogP contribution >= 0.6 is 21.2 Å². The van der Waals surface area contributed by atoms with Gasteiger partial charge >= 0.3 is 0 Å².